The van der Waals surface area contributed by atoms with Crippen LogP contribution in [0, 0.1) is 5.92 Å². The lowest BCUT2D eigenvalue weighted by atomic mass is 9.85. The van der Waals surface area contributed by atoms with E-state index in [1.807, 2.05) is 38.1 Å². The second-order valence-electron chi connectivity index (χ2n) is 9.06. The Bertz CT molecular complexity index is 704. The molecule has 4 nitrogen and oxygen atoms in total. The maximum Gasteiger partial charge on any atom is 0.306 e. The number of esters is 1. The highest BCUT2D eigenvalue weighted by Crippen LogP contribution is 2.39. The third-order valence-electron chi connectivity index (χ3n) is 6.07. The maximum atomic E-state index is 12.6. The molecule has 4 heteroatoms. The van der Waals surface area contributed by atoms with Crippen LogP contribution in [0.1, 0.15) is 108 Å². The highest BCUT2D eigenvalue weighted by molar-refractivity contribution is 5.88. The van der Waals surface area contributed by atoms with E-state index in [0.29, 0.717) is 24.5 Å². The third kappa shape index (κ3) is 8.60. The Morgan fingerprint density at radius 1 is 1.16 bits per heavy atom. The van der Waals surface area contributed by atoms with Crippen molar-refractivity contribution in [2.24, 2.45) is 5.92 Å². The van der Waals surface area contributed by atoms with Gasteiger partial charge in [0.05, 0.1) is 12.2 Å². The van der Waals surface area contributed by atoms with E-state index < -0.39 is 6.10 Å². The number of carbonyl (C=O) groups is 2. The molecular formula is C27H40O4. The van der Waals surface area contributed by atoms with Crippen LogP contribution in [0.3, 0.4) is 0 Å². The predicted octanol–water partition coefficient (Wildman–Crippen LogP) is 6.43. The zero-order valence-electron chi connectivity index (χ0n) is 19.5. The van der Waals surface area contributed by atoms with Crippen molar-refractivity contribution in [2.75, 3.05) is 0 Å². The lowest BCUT2D eigenvalue weighted by molar-refractivity contribution is -0.147. The van der Waals surface area contributed by atoms with Gasteiger partial charge in [-0.15, -0.1) is 0 Å². The summed E-state index contributed by atoms with van der Waals surface area (Å²) in [6, 6.07) is 8.04. The van der Waals surface area contributed by atoms with Gasteiger partial charge in [0.1, 0.15) is 5.78 Å². The van der Waals surface area contributed by atoms with Crippen LogP contribution >= 0.6 is 0 Å². The molecule has 2 rings (SSSR count). The number of rotatable bonds is 13. The van der Waals surface area contributed by atoms with Crippen LogP contribution in [0.4, 0.5) is 0 Å². The monoisotopic (exact) mass is 428 g/mol. The Hall–Kier alpha value is -1.94. The van der Waals surface area contributed by atoms with Crippen LogP contribution in [-0.2, 0) is 14.3 Å². The molecule has 0 heterocycles. The molecule has 0 aromatic heterocycles. The molecular weight excluding hydrogens is 388 g/mol. The standard InChI is InChI=1S/C27H40O4/c1-4-5-8-12-24(28)21-14-16-23(17-15-21)27-22(18-19-25(27)29)11-9-6-7-10-13-26(30)31-20(2)3/h6,9,14-17,20,22,24,27-28H,4-5,7-8,10-13,18-19H2,1-3H3/b9-6-. The predicted molar refractivity (Wildman–Crippen MR) is 125 cm³/mol. The number of aliphatic hydroxyl groups is 1. The van der Waals surface area contributed by atoms with Crippen LogP contribution in [0.25, 0.3) is 0 Å². The highest BCUT2D eigenvalue weighted by atomic mass is 16.5. The maximum absolute atomic E-state index is 12.6. The van der Waals surface area contributed by atoms with Crippen molar-refractivity contribution in [1.82, 2.24) is 0 Å². The van der Waals surface area contributed by atoms with Gasteiger partial charge < -0.3 is 9.84 Å². The Morgan fingerprint density at radius 2 is 1.90 bits per heavy atom. The topological polar surface area (TPSA) is 63.6 Å². The van der Waals surface area contributed by atoms with Crippen LogP contribution in [0.2, 0.25) is 0 Å². The van der Waals surface area contributed by atoms with Gasteiger partial charge in [-0.3, -0.25) is 9.59 Å². The number of unbranched alkanes of at least 4 members (excludes halogenated alkanes) is 3. The molecule has 1 saturated carbocycles. The van der Waals surface area contributed by atoms with E-state index in [9.17, 15) is 14.7 Å². The van der Waals surface area contributed by atoms with Gasteiger partial charge >= 0.3 is 5.97 Å². The minimum atomic E-state index is -0.420. The smallest absolute Gasteiger partial charge is 0.306 e. The molecule has 1 fully saturated rings. The summed E-state index contributed by atoms with van der Waals surface area (Å²) in [5.41, 5.74) is 2.01. The number of hydrogen-bond donors (Lipinski definition) is 1. The van der Waals surface area contributed by atoms with E-state index in [-0.39, 0.29) is 18.0 Å². The molecule has 1 aromatic carbocycles. The fourth-order valence-electron chi connectivity index (χ4n) is 4.38. The van der Waals surface area contributed by atoms with Crippen molar-refractivity contribution in [2.45, 2.75) is 103 Å². The van der Waals surface area contributed by atoms with Gasteiger partial charge in [-0.05, 0) is 63.0 Å². The Morgan fingerprint density at radius 3 is 2.58 bits per heavy atom. The first-order valence-electron chi connectivity index (χ1n) is 12.1. The molecule has 1 N–H and O–H groups in total. The Kier molecular flexibility index (Phi) is 11.0. The van der Waals surface area contributed by atoms with Crippen LogP contribution in [0.15, 0.2) is 36.4 Å². The minimum absolute atomic E-state index is 0.0445. The lowest BCUT2D eigenvalue weighted by Gasteiger charge is -2.18. The summed E-state index contributed by atoms with van der Waals surface area (Å²) in [6.45, 7) is 5.88. The van der Waals surface area contributed by atoms with Crippen LogP contribution < -0.4 is 0 Å². The second-order valence-corrected chi connectivity index (χ2v) is 9.06. The van der Waals surface area contributed by atoms with Crippen molar-refractivity contribution in [3.63, 3.8) is 0 Å². The largest absolute Gasteiger partial charge is 0.463 e. The van der Waals surface area contributed by atoms with Crippen molar-refractivity contribution in [3.8, 4) is 0 Å². The molecule has 0 aliphatic heterocycles. The number of carbonyl (C=O) groups excluding carboxylic acids is 2. The first kappa shape index (κ1) is 25.3. The molecule has 1 aromatic rings. The molecule has 3 unspecified atom stereocenters. The van der Waals surface area contributed by atoms with E-state index in [2.05, 4.69) is 19.1 Å². The average Bonchev–Trinajstić information content (AvgIpc) is 3.10. The lowest BCUT2D eigenvalue weighted by Crippen LogP contribution is -2.12. The first-order valence-corrected chi connectivity index (χ1v) is 12.1. The van der Waals surface area contributed by atoms with Gasteiger partial charge in [-0.1, -0.05) is 62.6 Å². The summed E-state index contributed by atoms with van der Waals surface area (Å²) in [5.74, 6) is 0.474. The Balaban J connectivity index is 1.83. The van der Waals surface area contributed by atoms with Crippen molar-refractivity contribution >= 4 is 11.8 Å². The van der Waals surface area contributed by atoms with Crippen LogP contribution in [0.5, 0.6) is 0 Å². The molecule has 0 saturated heterocycles. The third-order valence-corrected chi connectivity index (χ3v) is 6.07. The number of ether oxygens (including phenoxy) is 1. The van der Waals surface area contributed by atoms with E-state index in [4.69, 9.17) is 4.74 Å². The summed E-state index contributed by atoms with van der Waals surface area (Å²) in [6.07, 6.45) is 12.5. The molecule has 1 aliphatic rings. The number of benzene rings is 1. The fourth-order valence-corrected chi connectivity index (χ4v) is 4.38. The summed E-state index contributed by atoms with van der Waals surface area (Å²) in [4.78, 5) is 24.1. The number of hydrogen-bond acceptors (Lipinski definition) is 4. The normalized spacial score (nSPS) is 20.0. The highest BCUT2D eigenvalue weighted by Gasteiger charge is 2.34. The molecule has 172 valence electrons. The van der Waals surface area contributed by atoms with Crippen molar-refractivity contribution in [3.05, 3.63) is 47.5 Å². The Labute approximate surface area is 188 Å². The van der Waals surface area contributed by atoms with Gasteiger partial charge in [0.15, 0.2) is 0 Å². The fraction of sp³-hybridized carbons (Fsp3) is 0.630. The van der Waals surface area contributed by atoms with E-state index in [1.54, 1.807) is 0 Å². The summed E-state index contributed by atoms with van der Waals surface area (Å²) in [7, 11) is 0. The zero-order valence-corrected chi connectivity index (χ0v) is 19.5. The van der Waals surface area contributed by atoms with E-state index in [1.165, 1.54) is 0 Å². The molecule has 0 amide bonds. The molecule has 0 radical (unpaired) electrons. The second kappa shape index (κ2) is 13.5. The zero-order chi connectivity index (χ0) is 22.6. The van der Waals surface area contributed by atoms with Crippen molar-refractivity contribution in [1.29, 1.82) is 0 Å². The molecule has 0 spiro atoms. The van der Waals surface area contributed by atoms with Gasteiger partial charge in [0.25, 0.3) is 0 Å². The number of allylic oxidation sites excluding steroid dienone is 2. The molecule has 0 bridgehead atoms. The van der Waals surface area contributed by atoms with Gasteiger partial charge in [-0.25, -0.2) is 0 Å². The molecule has 1 aliphatic carbocycles. The number of ketones is 1. The van der Waals surface area contributed by atoms with E-state index in [0.717, 1.165) is 62.5 Å². The van der Waals surface area contributed by atoms with E-state index >= 15 is 0 Å². The van der Waals surface area contributed by atoms with Crippen LogP contribution in [-0.4, -0.2) is 23.0 Å². The van der Waals surface area contributed by atoms with Gasteiger partial charge in [0, 0.05) is 18.8 Å². The number of Topliss-reactive ketones (excluding diaryl/α,β-unsaturated/α-hetero) is 1. The molecule has 31 heavy (non-hydrogen) atoms. The quantitative estimate of drug-likeness (QED) is 0.223. The SMILES string of the molecule is CCCCCC(O)c1ccc(C2C(=O)CCC2C/C=C\CCCC(=O)OC(C)C)cc1. The summed E-state index contributed by atoms with van der Waals surface area (Å²) >= 11 is 0. The average molecular weight is 429 g/mol. The minimum Gasteiger partial charge on any atom is -0.463 e. The van der Waals surface area contributed by atoms with Crippen molar-refractivity contribution < 1.29 is 19.4 Å². The van der Waals surface area contributed by atoms with Gasteiger partial charge in [-0.2, -0.15) is 0 Å². The van der Waals surface area contributed by atoms with Gasteiger partial charge in [0.2, 0.25) is 0 Å². The summed E-state index contributed by atoms with van der Waals surface area (Å²) < 4.78 is 5.14. The molecule has 3 atom stereocenters. The first-order chi connectivity index (χ1) is 14.9. The summed E-state index contributed by atoms with van der Waals surface area (Å²) in [5, 5.41) is 10.4. The number of aliphatic hydroxyl groups excluding tert-OH is 1.